The molecule has 3 unspecified atom stereocenters. The van der Waals surface area contributed by atoms with Crippen LogP contribution < -0.4 is 16.1 Å². The molecule has 0 radical (unpaired) electrons. The molecule has 0 amide bonds. The highest BCUT2D eigenvalue weighted by atomic mass is 79.9. The van der Waals surface area contributed by atoms with E-state index in [1.165, 1.54) is 0 Å². The highest BCUT2D eigenvalue weighted by Gasteiger charge is 2.17. The number of H-pyrrole nitrogens is 1. The Labute approximate surface area is 177 Å². The Hall–Kier alpha value is -2.20. The Bertz CT molecular complexity index is 1050. The van der Waals surface area contributed by atoms with Gasteiger partial charge in [-0.25, -0.2) is 0 Å². The number of hydrogen-bond acceptors (Lipinski definition) is 4. The van der Waals surface area contributed by atoms with Gasteiger partial charge in [-0.05, 0) is 42.7 Å². The van der Waals surface area contributed by atoms with Crippen molar-refractivity contribution in [2.24, 2.45) is 5.92 Å². The summed E-state index contributed by atoms with van der Waals surface area (Å²) in [5.74, 6) is 0.0289. The monoisotopic (exact) mass is 458 g/mol. The minimum atomic E-state index is -0.0614. The fourth-order valence-electron chi connectivity index (χ4n) is 2.56. The lowest BCUT2D eigenvalue weighted by molar-refractivity contribution is 0.162. The van der Waals surface area contributed by atoms with Crippen molar-refractivity contribution in [2.45, 2.75) is 24.8 Å². The number of nitrogens with one attached hydrogen (secondary N) is 1. The van der Waals surface area contributed by atoms with E-state index in [1.54, 1.807) is 18.4 Å². The van der Waals surface area contributed by atoms with E-state index in [9.17, 15) is 4.79 Å². The van der Waals surface area contributed by atoms with E-state index in [1.807, 2.05) is 67.8 Å². The van der Waals surface area contributed by atoms with E-state index >= 15 is 0 Å². The van der Waals surface area contributed by atoms with E-state index in [0.717, 1.165) is 15.4 Å². The lowest BCUT2D eigenvalue weighted by Gasteiger charge is -2.17. The predicted molar refractivity (Wildman–Crippen MR) is 121 cm³/mol. The lowest BCUT2D eigenvalue weighted by atomic mass is 10.1. The summed E-state index contributed by atoms with van der Waals surface area (Å²) in [6, 6.07) is 7.95. The zero-order valence-corrected chi connectivity index (χ0v) is 18.5. The maximum Gasteiger partial charge on any atom is 0.257 e. The molecular weight excluding hydrogens is 436 g/mol. The third kappa shape index (κ3) is 5.90. The third-order valence-electron chi connectivity index (χ3n) is 4.05. The third-order valence-corrected chi connectivity index (χ3v) is 5.74. The van der Waals surface area contributed by atoms with Gasteiger partial charge in [-0.15, -0.1) is 11.3 Å². The van der Waals surface area contributed by atoms with Gasteiger partial charge in [-0.3, -0.25) is 4.79 Å². The minimum Gasteiger partial charge on any atom is -0.376 e. The molecule has 1 aliphatic carbocycles. The summed E-state index contributed by atoms with van der Waals surface area (Å²) in [6.45, 7) is 3.81. The summed E-state index contributed by atoms with van der Waals surface area (Å²) in [6.07, 6.45) is 11.5. The zero-order chi connectivity index (χ0) is 20.5. The van der Waals surface area contributed by atoms with E-state index in [2.05, 4.69) is 33.1 Å². The van der Waals surface area contributed by atoms with Gasteiger partial charge in [0.2, 0.25) is 0 Å². The molecule has 4 nitrogen and oxygen atoms in total. The number of hydrogen-bond donors (Lipinski definition) is 1. The molecule has 2 aromatic rings. The van der Waals surface area contributed by atoms with Gasteiger partial charge >= 0.3 is 0 Å². The van der Waals surface area contributed by atoms with Crippen molar-refractivity contribution in [3.05, 3.63) is 68.8 Å². The number of methoxy groups -OCH3 is 1. The molecule has 0 saturated carbocycles. The molecule has 28 heavy (non-hydrogen) atoms. The van der Waals surface area contributed by atoms with Gasteiger partial charge in [-0.2, -0.15) is 5.26 Å². The van der Waals surface area contributed by atoms with Gasteiger partial charge in [0.25, 0.3) is 5.56 Å². The summed E-state index contributed by atoms with van der Waals surface area (Å²) in [5, 5.41) is 12.1. The Balaban J connectivity index is 0.000000266. The number of ether oxygens (including phenoxy) is 1. The molecule has 0 saturated heterocycles. The molecule has 1 aliphatic rings. The van der Waals surface area contributed by atoms with Gasteiger partial charge in [0, 0.05) is 17.3 Å². The van der Waals surface area contributed by atoms with Gasteiger partial charge < -0.3 is 9.72 Å². The van der Waals surface area contributed by atoms with Crippen molar-refractivity contribution < 1.29 is 4.74 Å². The average molecular weight is 459 g/mol. The quantitative estimate of drug-likeness (QED) is 0.560. The van der Waals surface area contributed by atoms with Crippen LogP contribution in [0.2, 0.25) is 0 Å². The summed E-state index contributed by atoms with van der Waals surface area (Å²) < 4.78 is 5.35. The van der Waals surface area contributed by atoms with Gasteiger partial charge in [0.15, 0.2) is 0 Å². The van der Waals surface area contributed by atoms with Crippen LogP contribution in [0.15, 0.2) is 52.7 Å². The predicted octanol–water partition coefficient (Wildman–Crippen LogP) is 3.73. The Morgan fingerprint density at radius 3 is 2.79 bits per heavy atom. The summed E-state index contributed by atoms with van der Waals surface area (Å²) in [7, 11) is 1.66. The normalized spacial score (nSPS) is 19.1. The SMILES string of the molecule is C/C=C\C=C/C(C)C#N.COC1C=c2[nH]c(=O)c(-c3cccs3)cc2=CC1Br. The fourth-order valence-corrected chi connectivity index (χ4v) is 3.95. The second kappa shape index (κ2) is 11.0. The number of rotatable bonds is 4. The number of aromatic nitrogens is 1. The first-order chi connectivity index (χ1) is 13.5. The summed E-state index contributed by atoms with van der Waals surface area (Å²) in [5.41, 5.74) is 0.655. The van der Waals surface area contributed by atoms with Crippen LogP contribution in [0, 0.1) is 17.2 Å². The van der Waals surface area contributed by atoms with Crippen LogP contribution in [0.1, 0.15) is 13.8 Å². The van der Waals surface area contributed by atoms with Crippen LogP contribution in [0.5, 0.6) is 0 Å². The largest absolute Gasteiger partial charge is 0.376 e. The maximum absolute atomic E-state index is 12.1. The van der Waals surface area contributed by atoms with Crippen LogP contribution >= 0.6 is 27.3 Å². The maximum atomic E-state index is 12.1. The minimum absolute atomic E-state index is 0.0289. The number of nitrogens with zero attached hydrogens (tertiary/aromatic N) is 1. The number of pyridine rings is 1. The summed E-state index contributed by atoms with van der Waals surface area (Å²) in [4.78, 5) is 16.2. The zero-order valence-electron chi connectivity index (χ0n) is 16.1. The number of fused-ring (bicyclic) bond motifs is 1. The second-order valence-electron chi connectivity index (χ2n) is 6.16. The molecule has 3 atom stereocenters. The fraction of sp³-hybridized carbons (Fsp3) is 0.273. The number of allylic oxidation sites excluding steroid dienone is 4. The Kier molecular flexibility index (Phi) is 8.65. The van der Waals surface area contributed by atoms with Crippen molar-refractivity contribution in [1.82, 2.24) is 4.98 Å². The second-order valence-corrected chi connectivity index (χ2v) is 8.17. The molecule has 0 bridgehead atoms. The smallest absolute Gasteiger partial charge is 0.257 e. The van der Waals surface area contributed by atoms with E-state index in [-0.39, 0.29) is 22.4 Å². The molecule has 3 rings (SSSR count). The molecule has 2 heterocycles. The van der Waals surface area contributed by atoms with Crippen LogP contribution in [-0.4, -0.2) is 23.0 Å². The van der Waals surface area contributed by atoms with Crippen molar-refractivity contribution in [2.75, 3.05) is 7.11 Å². The van der Waals surface area contributed by atoms with Crippen molar-refractivity contribution in [3.63, 3.8) is 0 Å². The molecule has 0 aliphatic heterocycles. The number of thiophene rings is 1. The molecule has 0 spiro atoms. The molecule has 1 N–H and O–H groups in total. The first-order valence-electron chi connectivity index (χ1n) is 8.87. The molecule has 6 heteroatoms. The first kappa shape index (κ1) is 22.1. The number of nitriles is 1. The van der Waals surface area contributed by atoms with Gasteiger partial charge in [-0.1, -0.05) is 52.4 Å². The lowest BCUT2D eigenvalue weighted by Crippen LogP contribution is -2.42. The molecule has 0 fully saturated rings. The van der Waals surface area contributed by atoms with E-state index in [0.29, 0.717) is 5.56 Å². The van der Waals surface area contributed by atoms with Gasteiger partial charge in [0.05, 0.1) is 28.5 Å². The van der Waals surface area contributed by atoms with Crippen LogP contribution in [0.4, 0.5) is 0 Å². The molecule has 0 aromatic carbocycles. The topological polar surface area (TPSA) is 65.9 Å². The number of aromatic amines is 1. The Morgan fingerprint density at radius 1 is 1.39 bits per heavy atom. The van der Waals surface area contributed by atoms with Crippen molar-refractivity contribution in [1.29, 1.82) is 5.26 Å². The highest BCUT2D eigenvalue weighted by Crippen LogP contribution is 2.20. The number of halogens is 1. The van der Waals surface area contributed by atoms with Crippen LogP contribution in [0.25, 0.3) is 22.6 Å². The van der Waals surface area contributed by atoms with Crippen LogP contribution in [0.3, 0.4) is 0 Å². The molecule has 2 aromatic heterocycles. The summed E-state index contributed by atoms with van der Waals surface area (Å²) >= 11 is 5.14. The Morgan fingerprint density at radius 2 is 2.18 bits per heavy atom. The van der Waals surface area contributed by atoms with E-state index < -0.39 is 0 Å². The standard InChI is InChI=1S/C14H12BrNO2S.C8H11N/c1-18-12-7-11-8(6-10(12)15)5-9(14(17)16-11)13-3-2-4-19-13;1-3-4-5-6-8(2)7-9/h2-7,10,12H,1H3,(H,16,17);3-6,8H,1-2H3/b;4-3-,6-5-. The molecular formula is C22H23BrN2O2S. The van der Waals surface area contributed by atoms with E-state index in [4.69, 9.17) is 10.00 Å². The number of alkyl halides is 1. The molecule has 146 valence electrons. The van der Waals surface area contributed by atoms with Gasteiger partial charge in [0.1, 0.15) is 0 Å². The highest BCUT2D eigenvalue weighted by molar-refractivity contribution is 9.09. The van der Waals surface area contributed by atoms with Crippen molar-refractivity contribution in [3.8, 4) is 16.5 Å². The first-order valence-corrected chi connectivity index (χ1v) is 10.7. The average Bonchev–Trinajstić information content (AvgIpc) is 3.22. The van der Waals surface area contributed by atoms with Crippen molar-refractivity contribution >= 4 is 39.4 Å². The van der Waals surface area contributed by atoms with Crippen LogP contribution in [-0.2, 0) is 4.74 Å².